The van der Waals surface area contributed by atoms with Gasteiger partial charge in [0.25, 0.3) is 5.69 Å². The highest BCUT2D eigenvalue weighted by Gasteiger charge is 2.23. The van der Waals surface area contributed by atoms with E-state index in [-0.39, 0.29) is 10.6 Å². The molecule has 0 saturated heterocycles. The molecule has 0 bridgehead atoms. The third-order valence-electron chi connectivity index (χ3n) is 6.71. The van der Waals surface area contributed by atoms with E-state index in [4.69, 9.17) is 9.97 Å². The van der Waals surface area contributed by atoms with Crippen molar-refractivity contribution < 1.29 is 4.92 Å². The van der Waals surface area contributed by atoms with Crippen LogP contribution in [0.3, 0.4) is 0 Å². The van der Waals surface area contributed by atoms with Gasteiger partial charge in [-0.1, -0.05) is 103 Å². The van der Waals surface area contributed by atoms with Gasteiger partial charge in [-0.2, -0.15) is 0 Å². The van der Waals surface area contributed by atoms with Gasteiger partial charge in [0.2, 0.25) is 0 Å². The van der Waals surface area contributed by atoms with E-state index >= 15 is 0 Å². The zero-order valence-electron chi connectivity index (χ0n) is 21.1. The van der Waals surface area contributed by atoms with Crippen molar-refractivity contribution in [2.24, 2.45) is 0 Å². The highest BCUT2D eigenvalue weighted by Crippen LogP contribution is 2.42. The average Bonchev–Trinajstić information content (AvgIpc) is 3.00. The van der Waals surface area contributed by atoms with Crippen molar-refractivity contribution in [2.75, 3.05) is 6.26 Å². The lowest BCUT2D eigenvalue weighted by atomic mass is 9.95. The van der Waals surface area contributed by atoms with Gasteiger partial charge in [-0.05, 0) is 24.0 Å². The van der Waals surface area contributed by atoms with Gasteiger partial charge >= 0.3 is 0 Å². The maximum atomic E-state index is 12.0. The first-order valence-electron chi connectivity index (χ1n) is 12.5. The molecule has 1 heterocycles. The summed E-state index contributed by atoms with van der Waals surface area (Å²) in [6.07, 6.45) is 2.05. The fraction of sp³-hybridized carbons (Fsp3) is 0.0303. The van der Waals surface area contributed by atoms with Gasteiger partial charge < -0.3 is 0 Å². The van der Waals surface area contributed by atoms with E-state index in [2.05, 4.69) is 18.4 Å². The van der Waals surface area contributed by atoms with Gasteiger partial charge in [0.05, 0.1) is 32.9 Å². The molecule has 0 radical (unpaired) electrons. The Balaban J connectivity index is 1.76. The van der Waals surface area contributed by atoms with Gasteiger partial charge in [-0.15, -0.1) is 11.8 Å². The first-order valence-corrected chi connectivity index (χ1v) is 13.7. The molecule has 6 rings (SSSR count). The molecule has 0 fully saturated rings. The standard InChI is InChI=1S/C33H23N3O2S/c1-39-29-19-11-9-17-25(29)27-21-20-26(24-16-8-10-18-28(24)36(37)38)32-33(27)35-31(23-14-6-3-7-15-23)30(34-32)22-12-4-2-5-13-22/h2-21H,1H3. The van der Waals surface area contributed by atoms with E-state index in [1.807, 2.05) is 91.0 Å². The Hall–Kier alpha value is -4.81. The predicted octanol–water partition coefficient (Wildman–Crippen LogP) is 8.93. The number of hydrogen-bond donors (Lipinski definition) is 0. The Bertz CT molecular complexity index is 1820. The minimum atomic E-state index is -0.345. The maximum absolute atomic E-state index is 12.0. The molecule has 0 aliphatic carbocycles. The number of para-hydroxylation sites is 1. The molecule has 0 spiro atoms. The van der Waals surface area contributed by atoms with E-state index in [0.29, 0.717) is 22.2 Å². The minimum absolute atomic E-state index is 0.0336. The Labute approximate surface area is 230 Å². The Morgan fingerprint density at radius 2 is 1.03 bits per heavy atom. The van der Waals surface area contributed by atoms with Crippen molar-refractivity contribution >= 4 is 28.5 Å². The van der Waals surface area contributed by atoms with Gasteiger partial charge in [0.15, 0.2) is 0 Å². The van der Waals surface area contributed by atoms with Gasteiger partial charge in [0, 0.05) is 33.2 Å². The SMILES string of the molecule is CSc1ccccc1-c1ccc(-c2ccccc2[N+](=O)[O-])c2nc(-c3ccccc3)c(-c3ccccc3)nc12. The first-order chi connectivity index (χ1) is 19.2. The zero-order valence-corrected chi connectivity index (χ0v) is 21.9. The molecule has 0 N–H and O–H groups in total. The van der Waals surface area contributed by atoms with Gasteiger partial charge in [-0.3, -0.25) is 10.1 Å². The summed E-state index contributed by atoms with van der Waals surface area (Å²) in [4.78, 5) is 23.3. The Morgan fingerprint density at radius 1 is 0.564 bits per heavy atom. The molecule has 6 heteroatoms. The molecule has 0 unspecified atom stereocenters. The minimum Gasteiger partial charge on any atom is -0.258 e. The summed E-state index contributed by atoms with van der Waals surface area (Å²) in [5.41, 5.74) is 7.88. The molecule has 0 atom stereocenters. The van der Waals surface area contributed by atoms with Crippen LogP contribution in [0, 0.1) is 10.1 Å². The third kappa shape index (κ3) is 4.56. The van der Waals surface area contributed by atoms with Crippen LogP contribution in [0.4, 0.5) is 5.69 Å². The van der Waals surface area contributed by atoms with Crippen LogP contribution in [0.15, 0.2) is 126 Å². The number of nitro benzene ring substituents is 1. The number of benzene rings is 5. The quantitative estimate of drug-likeness (QED) is 0.123. The molecule has 5 aromatic carbocycles. The summed E-state index contributed by atoms with van der Waals surface area (Å²) in [5, 5.41) is 12.0. The van der Waals surface area contributed by atoms with Crippen molar-refractivity contribution in [1.29, 1.82) is 0 Å². The van der Waals surface area contributed by atoms with Crippen LogP contribution in [-0.4, -0.2) is 21.1 Å². The van der Waals surface area contributed by atoms with Crippen LogP contribution in [0.1, 0.15) is 0 Å². The second kappa shape index (κ2) is 10.5. The third-order valence-corrected chi connectivity index (χ3v) is 7.50. The predicted molar refractivity (Wildman–Crippen MR) is 160 cm³/mol. The van der Waals surface area contributed by atoms with Crippen LogP contribution in [-0.2, 0) is 0 Å². The van der Waals surface area contributed by atoms with Crippen LogP contribution in [0.5, 0.6) is 0 Å². The van der Waals surface area contributed by atoms with Crippen LogP contribution in [0.2, 0.25) is 0 Å². The molecule has 0 aliphatic rings. The zero-order chi connectivity index (χ0) is 26.8. The maximum Gasteiger partial charge on any atom is 0.277 e. The molecular weight excluding hydrogens is 502 g/mol. The number of hydrogen-bond acceptors (Lipinski definition) is 5. The topological polar surface area (TPSA) is 68.9 Å². The molecular formula is C33H23N3O2S. The molecule has 188 valence electrons. The molecule has 0 saturated carbocycles. The van der Waals surface area contributed by atoms with Gasteiger partial charge in [-0.25, -0.2) is 9.97 Å². The first kappa shape index (κ1) is 24.5. The summed E-state index contributed by atoms with van der Waals surface area (Å²) in [5.74, 6) is 0. The van der Waals surface area contributed by atoms with Crippen molar-refractivity contribution in [3.63, 3.8) is 0 Å². The van der Waals surface area contributed by atoms with Crippen molar-refractivity contribution in [1.82, 2.24) is 9.97 Å². The average molecular weight is 526 g/mol. The van der Waals surface area contributed by atoms with E-state index in [1.54, 1.807) is 23.9 Å². The van der Waals surface area contributed by atoms with Crippen LogP contribution < -0.4 is 0 Å². The number of nitrogens with zero attached hydrogens (tertiary/aromatic N) is 3. The summed E-state index contributed by atoms with van der Waals surface area (Å²) in [7, 11) is 0. The van der Waals surface area contributed by atoms with Gasteiger partial charge in [0.1, 0.15) is 0 Å². The summed E-state index contributed by atoms with van der Waals surface area (Å²) < 4.78 is 0. The number of thioether (sulfide) groups is 1. The molecule has 0 amide bonds. The van der Waals surface area contributed by atoms with Crippen LogP contribution in [0.25, 0.3) is 55.8 Å². The lowest BCUT2D eigenvalue weighted by Gasteiger charge is -2.17. The molecule has 0 aliphatic heterocycles. The molecule has 1 aromatic heterocycles. The lowest BCUT2D eigenvalue weighted by molar-refractivity contribution is -0.384. The lowest BCUT2D eigenvalue weighted by Crippen LogP contribution is -2.00. The number of rotatable bonds is 6. The fourth-order valence-corrected chi connectivity index (χ4v) is 5.51. The van der Waals surface area contributed by atoms with E-state index in [0.717, 1.165) is 38.5 Å². The largest absolute Gasteiger partial charge is 0.277 e. The number of nitro groups is 1. The van der Waals surface area contributed by atoms with Crippen LogP contribution >= 0.6 is 11.8 Å². The van der Waals surface area contributed by atoms with Crippen molar-refractivity contribution in [3.8, 4) is 44.8 Å². The molecule has 6 aromatic rings. The highest BCUT2D eigenvalue weighted by atomic mass is 32.2. The summed E-state index contributed by atoms with van der Waals surface area (Å²) in [6.45, 7) is 0. The monoisotopic (exact) mass is 525 g/mol. The number of aromatic nitrogens is 2. The van der Waals surface area contributed by atoms with Crippen molar-refractivity contribution in [2.45, 2.75) is 4.90 Å². The number of fused-ring (bicyclic) bond motifs is 1. The smallest absolute Gasteiger partial charge is 0.258 e. The molecule has 5 nitrogen and oxygen atoms in total. The summed E-state index contributed by atoms with van der Waals surface area (Å²) in [6, 6.07) is 38.9. The van der Waals surface area contributed by atoms with E-state index < -0.39 is 0 Å². The summed E-state index contributed by atoms with van der Waals surface area (Å²) >= 11 is 1.67. The van der Waals surface area contributed by atoms with E-state index in [1.165, 1.54) is 6.07 Å². The normalized spacial score (nSPS) is 11.0. The fourth-order valence-electron chi connectivity index (χ4n) is 4.89. The molecule has 39 heavy (non-hydrogen) atoms. The van der Waals surface area contributed by atoms with Crippen molar-refractivity contribution in [3.05, 3.63) is 131 Å². The Kier molecular flexibility index (Phi) is 6.61. The van der Waals surface area contributed by atoms with E-state index in [9.17, 15) is 10.1 Å². The highest BCUT2D eigenvalue weighted by molar-refractivity contribution is 7.98. The second-order valence-corrected chi connectivity index (χ2v) is 9.83. The second-order valence-electron chi connectivity index (χ2n) is 8.99. The Morgan fingerprint density at radius 3 is 1.56 bits per heavy atom.